The summed E-state index contributed by atoms with van der Waals surface area (Å²) in [5, 5.41) is 21.9. The maximum Gasteiger partial charge on any atom is 0.326 e. The first-order valence-corrected chi connectivity index (χ1v) is 16.4. The number of carbonyl (C=O) groups is 2. The van der Waals surface area contributed by atoms with Gasteiger partial charge in [0.05, 0.1) is 45.7 Å². The second kappa shape index (κ2) is 13.3. The number of rotatable bonds is 12. The molecule has 5 aromatic rings. The number of fused-ring (bicyclic) bond motifs is 1. The molecule has 0 aliphatic rings. The van der Waals surface area contributed by atoms with E-state index in [1.807, 2.05) is 30.5 Å². The average Bonchev–Trinajstić information content (AvgIpc) is 3.67. The summed E-state index contributed by atoms with van der Waals surface area (Å²) < 4.78 is 32.3. The first-order chi connectivity index (χ1) is 21.6. The number of benzene rings is 3. The van der Waals surface area contributed by atoms with E-state index in [9.17, 15) is 23.1 Å². The van der Waals surface area contributed by atoms with Gasteiger partial charge in [-0.1, -0.05) is 50.2 Å². The summed E-state index contributed by atoms with van der Waals surface area (Å²) in [6.45, 7) is 4.12. The molecule has 1 atom stereocenters. The average molecular weight is 642 g/mol. The lowest BCUT2D eigenvalue weighted by molar-refractivity contribution is -0.139. The number of carbonyl (C=O) groups excluding carboxylic acids is 1. The number of sulfonamides is 1. The highest BCUT2D eigenvalue weighted by Crippen LogP contribution is 2.37. The molecule has 0 fully saturated rings. The highest BCUT2D eigenvalue weighted by molar-refractivity contribution is 7.92. The summed E-state index contributed by atoms with van der Waals surface area (Å²) in [4.78, 5) is 29.7. The van der Waals surface area contributed by atoms with Crippen molar-refractivity contribution in [3.05, 3.63) is 113 Å². The van der Waals surface area contributed by atoms with Gasteiger partial charge in [0.1, 0.15) is 6.04 Å². The zero-order valence-electron chi connectivity index (χ0n) is 24.6. The molecule has 0 saturated carbocycles. The topological polar surface area (TPSA) is 145 Å². The first kappa shape index (κ1) is 31.4. The number of amides is 1. The van der Waals surface area contributed by atoms with Crippen molar-refractivity contribution >= 4 is 49.0 Å². The third kappa shape index (κ3) is 7.06. The Morgan fingerprint density at radius 2 is 1.80 bits per heavy atom. The Hall–Kier alpha value is -4.99. The number of hydrogen-bond donors (Lipinski definition) is 2. The predicted octanol–water partition coefficient (Wildman–Crippen LogP) is 5.64. The minimum Gasteiger partial charge on any atom is -0.480 e. The van der Waals surface area contributed by atoms with Crippen molar-refractivity contribution in [2.75, 3.05) is 4.31 Å². The standard InChI is InChI=1S/C33H31N5O5S2/c1-22(2)15-28(33(40)41)36-32(39)31-16-27-29(9-6-10-30(27)44-31)38(45(42,43)26-7-4-3-5-8-26)20-25-18-35-21-37(25)19-24-13-11-23(17-34)12-14-24/h3-14,16,18,21-22,28H,15,19-20H2,1-2H3,(H,36,39)(H,40,41)/t28-/m0/s1. The lowest BCUT2D eigenvalue weighted by Gasteiger charge is -2.26. The van der Waals surface area contributed by atoms with Crippen molar-refractivity contribution in [1.29, 1.82) is 5.26 Å². The number of thiophene rings is 1. The number of nitriles is 1. The van der Waals surface area contributed by atoms with Crippen LogP contribution in [0.25, 0.3) is 10.1 Å². The van der Waals surface area contributed by atoms with Gasteiger partial charge in [0.25, 0.3) is 15.9 Å². The highest BCUT2D eigenvalue weighted by atomic mass is 32.2. The van der Waals surface area contributed by atoms with Gasteiger partial charge >= 0.3 is 5.97 Å². The van der Waals surface area contributed by atoms with Crippen LogP contribution in [0, 0.1) is 17.2 Å². The van der Waals surface area contributed by atoms with Crippen molar-refractivity contribution in [1.82, 2.24) is 14.9 Å². The Bertz CT molecular complexity index is 1980. The van der Waals surface area contributed by atoms with E-state index in [0.717, 1.165) is 16.9 Å². The molecule has 0 saturated heterocycles. The van der Waals surface area contributed by atoms with Crippen LogP contribution in [0.1, 0.15) is 46.8 Å². The zero-order valence-corrected chi connectivity index (χ0v) is 26.3. The lowest BCUT2D eigenvalue weighted by Crippen LogP contribution is -2.41. The second-order valence-electron chi connectivity index (χ2n) is 10.9. The molecule has 2 N–H and O–H groups in total. The number of carboxylic acids is 1. The molecule has 0 spiro atoms. The molecular formula is C33H31N5O5S2. The van der Waals surface area contributed by atoms with Crippen molar-refractivity contribution in [2.45, 2.75) is 44.3 Å². The van der Waals surface area contributed by atoms with E-state index < -0.39 is 27.9 Å². The summed E-state index contributed by atoms with van der Waals surface area (Å²) >= 11 is 1.16. The fraction of sp³-hybridized carbons (Fsp3) is 0.212. The van der Waals surface area contributed by atoms with Gasteiger partial charge in [0.15, 0.2) is 0 Å². The van der Waals surface area contributed by atoms with Crippen LogP contribution in [0.3, 0.4) is 0 Å². The normalized spacial score (nSPS) is 12.1. The number of imidazole rings is 1. The maximum atomic E-state index is 14.2. The number of nitrogens with zero attached hydrogens (tertiary/aromatic N) is 4. The van der Waals surface area contributed by atoms with Crippen LogP contribution in [0.4, 0.5) is 5.69 Å². The van der Waals surface area contributed by atoms with E-state index in [2.05, 4.69) is 16.4 Å². The van der Waals surface area contributed by atoms with Gasteiger partial charge in [-0.2, -0.15) is 5.26 Å². The third-order valence-corrected chi connectivity index (χ3v) is 10.1. The summed E-state index contributed by atoms with van der Waals surface area (Å²) in [6, 6.07) is 23.1. The molecule has 5 rings (SSSR count). The second-order valence-corrected chi connectivity index (χ2v) is 13.9. The summed E-state index contributed by atoms with van der Waals surface area (Å²) in [7, 11) is -4.09. The van der Waals surface area contributed by atoms with Crippen LogP contribution < -0.4 is 9.62 Å². The Balaban J connectivity index is 1.54. The van der Waals surface area contributed by atoms with Gasteiger partial charge in [-0.05, 0) is 60.4 Å². The molecule has 0 unspecified atom stereocenters. The Kier molecular flexibility index (Phi) is 9.32. The quantitative estimate of drug-likeness (QED) is 0.179. The van der Waals surface area contributed by atoms with Crippen LogP contribution in [-0.2, 0) is 27.9 Å². The number of anilines is 1. The SMILES string of the molecule is CC(C)C[C@H](NC(=O)c1cc2c(N(Cc3cncn3Cc3ccc(C#N)cc3)S(=O)(=O)c3ccccc3)cccc2s1)C(=O)O. The molecule has 0 radical (unpaired) electrons. The van der Waals surface area contributed by atoms with Crippen molar-refractivity contribution in [2.24, 2.45) is 5.92 Å². The van der Waals surface area contributed by atoms with Gasteiger partial charge in [-0.3, -0.25) is 9.10 Å². The molecule has 1 amide bonds. The highest BCUT2D eigenvalue weighted by Gasteiger charge is 2.29. The molecular weight excluding hydrogens is 611 g/mol. The van der Waals surface area contributed by atoms with Gasteiger partial charge in [0, 0.05) is 22.8 Å². The molecule has 12 heteroatoms. The smallest absolute Gasteiger partial charge is 0.326 e. The van der Waals surface area contributed by atoms with E-state index in [1.165, 1.54) is 16.4 Å². The number of hydrogen-bond acceptors (Lipinski definition) is 7. The minimum absolute atomic E-state index is 0.0561. The van der Waals surface area contributed by atoms with Crippen molar-refractivity contribution in [3.63, 3.8) is 0 Å². The number of aromatic nitrogens is 2. The van der Waals surface area contributed by atoms with E-state index in [0.29, 0.717) is 33.6 Å². The van der Waals surface area contributed by atoms with Gasteiger partial charge in [-0.15, -0.1) is 11.3 Å². The molecule has 3 aromatic carbocycles. The largest absolute Gasteiger partial charge is 0.480 e. The summed E-state index contributed by atoms with van der Waals surface area (Å²) in [5.74, 6) is -1.59. The molecule has 0 aliphatic heterocycles. The fourth-order valence-electron chi connectivity index (χ4n) is 4.97. The van der Waals surface area contributed by atoms with Crippen LogP contribution in [0.2, 0.25) is 0 Å². The Morgan fingerprint density at radius 3 is 2.47 bits per heavy atom. The van der Waals surface area contributed by atoms with Crippen LogP contribution >= 0.6 is 11.3 Å². The zero-order chi connectivity index (χ0) is 32.1. The van der Waals surface area contributed by atoms with Crippen LogP contribution in [-0.4, -0.2) is 41.0 Å². The minimum atomic E-state index is -4.09. The number of carboxylic acid groups (broad SMARTS) is 1. The molecule has 2 aromatic heterocycles. The van der Waals surface area contributed by atoms with Gasteiger partial charge in [-0.25, -0.2) is 18.2 Å². The number of nitrogens with one attached hydrogen (secondary N) is 1. The van der Waals surface area contributed by atoms with Crippen LogP contribution in [0.5, 0.6) is 0 Å². The molecule has 0 bridgehead atoms. The predicted molar refractivity (Wildman–Crippen MR) is 172 cm³/mol. The van der Waals surface area contributed by atoms with E-state index >= 15 is 0 Å². The first-order valence-electron chi connectivity index (χ1n) is 14.2. The van der Waals surface area contributed by atoms with Gasteiger partial charge in [0.2, 0.25) is 0 Å². The molecule has 2 heterocycles. The lowest BCUT2D eigenvalue weighted by atomic mass is 10.0. The fourth-order valence-corrected chi connectivity index (χ4v) is 7.43. The summed E-state index contributed by atoms with van der Waals surface area (Å²) in [5.41, 5.74) is 2.45. The molecule has 45 heavy (non-hydrogen) atoms. The maximum absolute atomic E-state index is 14.2. The monoisotopic (exact) mass is 641 g/mol. The van der Waals surface area contributed by atoms with Crippen molar-refractivity contribution < 1.29 is 23.1 Å². The third-order valence-electron chi connectivity index (χ3n) is 7.21. The number of aliphatic carboxylic acids is 1. The Labute approximate surface area is 265 Å². The van der Waals surface area contributed by atoms with E-state index in [-0.39, 0.29) is 28.7 Å². The van der Waals surface area contributed by atoms with Gasteiger partial charge < -0.3 is 15.0 Å². The van der Waals surface area contributed by atoms with E-state index in [4.69, 9.17) is 5.26 Å². The molecule has 230 valence electrons. The summed E-state index contributed by atoms with van der Waals surface area (Å²) in [6.07, 6.45) is 3.52. The van der Waals surface area contributed by atoms with E-state index in [1.54, 1.807) is 67.1 Å². The molecule has 0 aliphatic carbocycles. The van der Waals surface area contributed by atoms with Crippen LogP contribution in [0.15, 0.2) is 96.3 Å². The van der Waals surface area contributed by atoms with Crippen molar-refractivity contribution in [3.8, 4) is 6.07 Å². The Morgan fingerprint density at radius 1 is 1.07 bits per heavy atom. The molecule has 10 nitrogen and oxygen atoms in total.